The molecule has 2 N–H and O–H groups in total. The van der Waals surface area contributed by atoms with E-state index in [9.17, 15) is 0 Å². The van der Waals surface area contributed by atoms with Crippen LogP contribution >= 0.6 is 27.3 Å². The van der Waals surface area contributed by atoms with Crippen LogP contribution in [-0.2, 0) is 6.54 Å². The summed E-state index contributed by atoms with van der Waals surface area (Å²) in [4.78, 5) is 12.4. The third-order valence-electron chi connectivity index (χ3n) is 1.92. The molecule has 0 atom stereocenters. The topological polar surface area (TPSA) is 62.7 Å². The molecule has 0 saturated carbocycles. The number of hydrogen-bond acceptors (Lipinski definition) is 6. The van der Waals surface area contributed by atoms with Crippen LogP contribution in [0.15, 0.2) is 22.4 Å². The van der Waals surface area contributed by atoms with Crippen molar-refractivity contribution < 1.29 is 0 Å². The van der Waals surface area contributed by atoms with Crippen LogP contribution in [0, 0.1) is 0 Å². The summed E-state index contributed by atoms with van der Waals surface area (Å²) in [6, 6.07) is 0. The molecule has 0 saturated heterocycles. The molecular formula is C9H10BrN5S. The van der Waals surface area contributed by atoms with E-state index in [0.717, 1.165) is 21.1 Å². The van der Waals surface area contributed by atoms with Crippen molar-refractivity contribution in [2.75, 3.05) is 17.7 Å². The van der Waals surface area contributed by atoms with Gasteiger partial charge in [0.15, 0.2) is 0 Å². The fourth-order valence-electron chi connectivity index (χ4n) is 1.17. The Balaban J connectivity index is 2.09. The van der Waals surface area contributed by atoms with E-state index in [0.29, 0.717) is 6.54 Å². The van der Waals surface area contributed by atoms with E-state index in [1.807, 2.05) is 12.4 Å². The number of nitrogens with one attached hydrogen (secondary N) is 2. The zero-order valence-corrected chi connectivity index (χ0v) is 11.0. The third kappa shape index (κ3) is 2.48. The lowest BCUT2D eigenvalue weighted by molar-refractivity contribution is 1.05. The van der Waals surface area contributed by atoms with Gasteiger partial charge < -0.3 is 10.6 Å². The lowest BCUT2D eigenvalue weighted by atomic mass is 10.5. The molecule has 7 heteroatoms. The van der Waals surface area contributed by atoms with Gasteiger partial charge in [0.25, 0.3) is 0 Å². The van der Waals surface area contributed by atoms with Crippen molar-refractivity contribution in [1.82, 2.24) is 15.0 Å². The van der Waals surface area contributed by atoms with E-state index in [2.05, 4.69) is 41.5 Å². The standard InChI is InChI=1S/C9H10BrN5S/c1-11-8-7(10)9(15-5-14-8)13-4-6-12-2-3-16-6/h2-3,5H,4H2,1H3,(H2,11,13,14,15). The van der Waals surface area contributed by atoms with Crippen LogP contribution in [0.25, 0.3) is 0 Å². The zero-order chi connectivity index (χ0) is 11.4. The minimum atomic E-state index is 0.663. The average molecular weight is 300 g/mol. The van der Waals surface area contributed by atoms with Crippen molar-refractivity contribution in [2.45, 2.75) is 6.54 Å². The van der Waals surface area contributed by atoms with Crippen LogP contribution in [0.3, 0.4) is 0 Å². The summed E-state index contributed by atoms with van der Waals surface area (Å²) in [6.07, 6.45) is 3.30. The molecule has 0 aliphatic rings. The Morgan fingerprint density at radius 2 is 2.12 bits per heavy atom. The van der Waals surface area contributed by atoms with Gasteiger partial charge in [-0.15, -0.1) is 11.3 Å². The van der Waals surface area contributed by atoms with Gasteiger partial charge in [0.1, 0.15) is 27.4 Å². The number of nitrogens with zero attached hydrogens (tertiary/aromatic N) is 3. The summed E-state index contributed by atoms with van der Waals surface area (Å²) in [6.45, 7) is 0.663. The van der Waals surface area contributed by atoms with E-state index < -0.39 is 0 Å². The number of anilines is 2. The SMILES string of the molecule is CNc1ncnc(NCc2nccs2)c1Br. The van der Waals surface area contributed by atoms with Crippen molar-refractivity contribution >= 4 is 38.9 Å². The second-order valence-electron chi connectivity index (χ2n) is 2.91. The highest BCUT2D eigenvalue weighted by molar-refractivity contribution is 9.10. The minimum absolute atomic E-state index is 0.663. The molecule has 0 spiro atoms. The van der Waals surface area contributed by atoms with E-state index in [1.165, 1.54) is 6.33 Å². The first-order valence-electron chi connectivity index (χ1n) is 4.61. The minimum Gasteiger partial charge on any atom is -0.372 e. The van der Waals surface area contributed by atoms with Crippen LogP contribution < -0.4 is 10.6 Å². The second kappa shape index (κ2) is 5.22. The monoisotopic (exact) mass is 299 g/mol. The zero-order valence-electron chi connectivity index (χ0n) is 8.57. The van der Waals surface area contributed by atoms with Crippen LogP contribution in [0.1, 0.15) is 5.01 Å². The summed E-state index contributed by atoms with van der Waals surface area (Å²) < 4.78 is 0.828. The Morgan fingerprint density at radius 3 is 2.81 bits per heavy atom. The Morgan fingerprint density at radius 1 is 1.31 bits per heavy atom. The highest BCUT2D eigenvalue weighted by atomic mass is 79.9. The van der Waals surface area contributed by atoms with Gasteiger partial charge in [0.2, 0.25) is 0 Å². The highest BCUT2D eigenvalue weighted by Crippen LogP contribution is 2.26. The first-order valence-corrected chi connectivity index (χ1v) is 6.29. The van der Waals surface area contributed by atoms with Crippen molar-refractivity contribution in [1.29, 1.82) is 0 Å². The van der Waals surface area contributed by atoms with Crippen LogP contribution in [0.5, 0.6) is 0 Å². The quantitative estimate of drug-likeness (QED) is 0.907. The Kier molecular flexibility index (Phi) is 3.68. The molecule has 0 aromatic carbocycles. The predicted molar refractivity (Wildman–Crippen MR) is 68.7 cm³/mol. The maximum atomic E-state index is 4.19. The molecule has 0 amide bonds. The van der Waals surface area contributed by atoms with Gasteiger partial charge in [-0.05, 0) is 15.9 Å². The normalized spacial score (nSPS) is 10.1. The fraction of sp³-hybridized carbons (Fsp3) is 0.222. The summed E-state index contributed by atoms with van der Waals surface area (Å²) in [5, 5.41) is 9.15. The summed E-state index contributed by atoms with van der Waals surface area (Å²) in [5.74, 6) is 1.52. The van der Waals surface area contributed by atoms with Crippen molar-refractivity contribution in [3.8, 4) is 0 Å². The van der Waals surface area contributed by atoms with Gasteiger partial charge >= 0.3 is 0 Å². The van der Waals surface area contributed by atoms with E-state index in [4.69, 9.17) is 0 Å². The molecule has 2 heterocycles. The number of halogens is 1. The molecule has 16 heavy (non-hydrogen) atoms. The molecule has 0 bridgehead atoms. The molecule has 0 aliphatic carbocycles. The van der Waals surface area contributed by atoms with Gasteiger partial charge in [-0.3, -0.25) is 0 Å². The Labute approximate surface area is 105 Å². The summed E-state index contributed by atoms with van der Waals surface area (Å²) in [7, 11) is 1.82. The summed E-state index contributed by atoms with van der Waals surface area (Å²) in [5.41, 5.74) is 0. The van der Waals surface area contributed by atoms with E-state index in [1.54, 1.807) is 17.5 Å². The van der Waals surface area contributed by atoms with E-state index in [-0.39, 0.29) is 0 Å². The van der Waals surface area contributed by atoms with Gasteiger partial charge in [0.05, 0.1) is 6.54 Å². The fourth-order valence-corrected chi connectivity index (χ4v) is 2.27. The molecule has 2 aromatic rings. The molecule has 2 rings (SSSR count). The number of hydrogen-bond donors (Lipinski definition) is 2. The number of thiazole rings is 1. The Hall–Kier alpha value is -1.21. The maximum Gasteiger partial charge on any atom is 0.146 e. The van der Waals surface area contributed by atoms with E-state index >= 15 is 0 Å². The predicted octanol–water partition coefficient (Wildman–Crippen LogP) is 2.35. The molecule has 5 nitrogen and oxygen atoms in total. The number of aromatic nitrogens is 3. The maximum absolute atomic E-state index is 4.19. The largest absolute Gasteiger partial charge is 0.372 e. The third-order valence-corrected chi connectivity index (χ3v) is 3.45. The summed E-state index contributed by atoms with van der Waals surface area (Å²) >= 11 is 5.05. The Bertz CT molecular complexity index is 459. The molecule has 0 radical (unpaired) electrons. The van der Waals surface area contributed by atoms with Crippen LogP contribution in [0.2, 0.25) is 0 Å². The van der Waals surface area contributed by atoms with Crippen molar-refractivity contribution in [2.24, 2.45) is 0 Å². The molecule has 84 valence electrons. The molecule has 0 fully saturated rings. The van der Waals surface area contributed by atoms with Gasteiger partial charge in [-0.25, -0.2) is 15.0 Å². The molecule has 0 aliphatic heterocycles. The molecular weight excluding hydrogens is 290 g/mol. The highest BCUT2D eigenvalue weighted by Gasteiger charge is 2.07. The lowest BCUT2D eigenvalue weighted by Gasteiger charge is -2.08. The molecule has 0 unspecified atom stereocenters. The van der Waals surface area contributed by atoms with Crippen LogP contribution in [-0.4, -0.2) is 22.0 Å². The second-order valence-corrected chi connectivity index (χ2v) is 4.69. The lowest BCUT2D eigenvalue weighted by Crippen LogP contribution is -2.04. The van der Waals surface area contributed by atoms with Crippen LogP contribution in [0.4, 0.5) is 11.6 Å². The van der Waals surface area contributed by atoms with Gasteiger partial charge in [-0.2, -0.15) is 0 Å². The number of rotatable bonds is 4. The van der Waals surface area contributed by atoms with Gasteiger partial charge in [0, 0.05) is 18.6 Å². The van der Waals surface area contributed by atoms with Crippen molar-refractivity contribution in [3.63, 3.8) is 0 Å². The smallest absolute Gasteiger partial charge is 0.146 e. The van der Waals surface area contributed by atoms with Crippen molar-refractivity contribution in [3.05, 3.63) is 27.4 Å². The first-order chi connectivity index (χ1) is 7.81. The average Bonchev–Trinajstić information content (AvgIpc) is 2.81. The van der Waals surface area contributed by atoms with Gasteiger partial charge in [-0.1, -0.05) is 0 Å². The molecule has 2 aromatic heterocycles. The first kappa shape index (κ1) is 11.3.